The monoisotopic (exact) mass is 419 g/mol. The molecule has 0 aliphatic rings. The first-order valence-corrected chi connectivity index (χ1v) is 12.4. The van der Waals surface area contributed by atoms with Gasteiger partial charge in [0.2, 0.25) is 0 Å². The van der Waals surface area contributed by atoms with Gasteiger partial charge < -0.3 is 14.4 Å². The number of hydrogen-bond acceptors (Lipinski definition) is 2. The van der Waals surface area contributed by atoms with Crippen LogP contribution in [0.2, 0.25) is 0 Å². The molecule has 0 N–H and O–H groups in total. The van der Waals surface area contributed by atoms with Crippen molar-refractivity contribution in [2.45, 2.75) is 104 Å². The molecule has 0 fully saturated rings. The second kappa shape index (κ2) is 18.4. The van der Waals surface area contributed by atoms with Gasteiger partial charge in [-0.05, 0) is 31.2 Å². The minimum Gasteiger partial charge on any atom is -0.550 e. The minimum absolute atomic E-state index is 0.517. The zero-order valence-corrected chi connectivity index (χ0v) is 20.6. The van der Waals surface area contributed by atoms with Crippen molar-refractivity contribution in [2.24, 2.45) is 0 Å². The molecule has 0 bridgehead atoms. The summed E-state index contributed by atoms with van der Waals surface area (Å²) in [5.41, 5.74) is 0.785. The van der Waals surface area contributed by atoms with E-state index in [1.807, 2.05) is 18.2 Å². The summed E-state index contributed by atoms with van der Waals surface area (Å²) in [7, 11) is 4.83. The highest BCUT2D eigenvalue weighted by Crippen LogP contribution is 2.13. The van der Waals surface area contributed by atoms with Gasteiger partial charge in [0.25, 0.3) is 0 Å². The lowest BCUT2D eigenvalue weighted by Gasteiger charge is -2.30. The molecule has 0 heterocycles. The lowest BCUT2D eigenvalue weighted by molar-refractivity contribution is -0.890. The molecule has 0 aromatic heterocycles. The fraction of sp³-hybridized carbons (Fsp3) is 0.741. The van der Waals surface area contributed by atoms with Crippen molar-refractivity contribution in [1.82, 2.24) is 0 Å². The molecule has 0 aliphatic carbocycles. The Morgan fingerprint density at radius 2 is 1.17 bits per heavy atom. The predicted octanol–water partition coefficient (Wildman–Crippen LogP) is 6.32. The van der Waals surface area contributed by atoms with E-state index in [0.29, 0.717) is 0 Å². The largest absolute Gasteiger partial charge is 0.550 e. The van der Waals surface area contributed by atoms with Gasteiger partial charge in [-0.2, -0.15) is 0 Å². The lowest BCUT2D eigenvalue weighted by atomic mass is 10.0. The molecule has 174 valence electrons. The Bertz CT molecular complexity index is 495. The van der Waals surface area contributed by atoms with E-state index in [1.54, 1.807) is 19.1 Å². The fourth-order valence-electron chi connectivity index (χ4n) is 3.63. The number of unbranched alkanes of at least 4 members (excludes halogenated alkanes) is 10. The standard InChI is InChI=1S/C18H40N.C9H10O2/c1-5-7-9-11-13-15-17-19(3,4)18-16-14-12-10-8-6-2;1-7(9(10)11)8-5-3-2-4-6-8/h5-18H2,1-4H3;2-7H,1H3,(H,10,11)/q+1;/p-1. The Morgan fingerprint density at radius 3 is 1.57 bits per heavy atom. The van der Waals surface area contributed by atoms with E-state index >= 15 is 0 Å². The molecule has 0 radical (unpaired) electrons. The van der Waals surface area contributed by atoms with Crippen molar-refractivity contribution in [1.29, 1.82) is 0 Å². The second-order valence-electron chi connectivity index (χ2n) is 9.37. The first-order chi connectivity index (χ1) is 14.3. The average molecular weight is 420 g/mol. The Morgan fingerprint density at radius 1 is 0.767 bits per heavy atom. The van der Waals surface area contributed by atoms with Crippen LogP contribution < -0.4 is 5.11 Å². The highest BCUT2D eigenvalue weighted by atomic mass is 16.4. The van der Waals surface area contributed by atoms with Crippen molar-refractivity contribution < 1.29 is 14.4 Å². The predicted molar refractivity (Wildman–Crippen MR) is 128 cm³/mol. The fourth-order valence-corrected chi connectivity index (χ4v) is 3.63. The van der Waals surface area contributed by atoms with Crippen LogP contribution in [-0.2, 0) is 4.79 Å². The summed E-state index contributed by atoms with van der Waals surface area (Å²) in [6, 6.07) is 9.04. The summed E-state index contributed by atoms with van der Waals surface area (Å²) < 4.78 is 1.24. The van der Waals surface area contributed by atoms with Gasteiger partial charge in [0, 0.05) is 11.9 Å². The first-order valence-electron chi connectivity index (χ1n) is 12.4. The Balaban J connectivity index is 0.000000642. The minimum atomic E-state index is -1.03. The third-order valence-corrected chi connectivity index (χ3v) is 5.89. The number of carbonyl (C=O) groups is 1. The highest BCUT2D eigenvalue weighted by Gasteiger charge is 2.13. The molecule has 30 heavy (non-hydrogen) atoms. The number of benzene rings is 1. The van der Waals surface area contributed by atoms with Crippen LogP contribution in [0, 0.1) is 0 Å². The summed E-state index contributed by atoms with van der Waals surface area (Å²) in [4.78, 5) is 10.4. The van der Waals surface area contributed by atoms with Crippen LogP contribution in [-0.4, -0.2) is 37.6 Å². The number of carbonyl (C=O) groups excluding carboxylic acids is 1. The molecule has 1 aromatic rings. The third-order valence-electron chi connectivity index (χ3n) is 5.89. The summed E-state index contributed by atoms with van der Waals surface area (Å²) in [5.74, 6) is -1.55. The Hall–Kier alpha value is -1.35. The van der Waals surface area contributed by atoms with E-state index in [0.717, 1.165) is 5.56 Å². The summed E-state index contributed by atoms with van der Waals surface area (Å²) >= 11 is 0. The molecule has 1 unspecified atom stereocenters. The SMILES string of the molecule is CC(C(=O)[O-])c1ccccc1.CCCCCCCC[N+](C)(C)CCCCCCCC. The molecule has 0 amide bonds. The summed E-state index contributed by atoms with van der Waals surface area (Å²) in [6.07, 6.45) is 17.1. The van der Waals surface area contributed by atoms with Crippen LogP contribution in [0.4, 0.5) is 0 Å². The number of aliphatic carboxylic acids is 1. The highest BCUT2D eigenvalue weighted by molar-refractivity contribution is 5.73. The average Bonchev–Trinajstić information content (AvgIpc) is 2.73. The quantitative estimate of drug-likeness (QED) is 0.232. The number of quaternary nitrogens is 1. The molecule has 1 rings (SSSR count). The van der Waals surface area contributed by atoms with Gasteiger partial charge in [-0.15, -0.1) is 0 Å². The van der Waals surface area contributed by atoms with Crippen LogP contribution in [0.5, 0.6) is 0 Å². The molecule has 0 saturated carbocycles. The van der Waals surface area contributed by atoms with Gasteiger partial charge in [-0.1, -0.05) is 102 Å². The van der Waals surface area contributed by atoms with E-state index in [4.69, 9.17) is 0 Å². The molecule has 0 saturated heterocycles. The van der Waals surface area contributed by atoms with E-state index in [-0.39, 0.29) is 0 Å². The van der Waals surface area contributed by atoms with Crippen LogP contribution in [0.1, 0.15) is 109 Å². The van der Waals surface area contributed by atoms with Crippen molar-refractivity contribution in [3.63, 3.8) is 0 Å². The van der Waals surface area contributed by atoms with Gasteiger partial charge in [0.15, 0.2) is 0 Å². The Kier molecular flexibility index (Phi) is 17.6. The number of nitrogens with zero attached hydrogens (tertiary/aromatic N) is 1. The van der Waals surface area contributed by atoms with Gasteiger partial charge >= 0.3 is 0 Å². The molecule has 3 heteroatoms. The molecule has 3 nitrogen and oxygen atoms in total. The van der Waals surface area contributed by atoms with E-state index < -0.39 is 11.9 Å². The zero-order chi connectivity index (χ0) is 22.7. The van der Waals surface area contributed by atoms with Gasteiger partial charge in [-0.3, -0.25) is 0 Å². The number of carboxylic acid groups (broad SMARTS) is 1. The molecular weight excluding hydrogens is 370 g/mol. The van der Waals surface area contributed by atoms with Crippen molar-refractivity contribution >= 4 is 5.97 Å². The van der Waals surface area contributed by atoms with E-state index in [1.165, 1.54) is 94.6 Å². The zero-order valence-electron chi connectivity index (χ0n) is 20.6. The van der Waals surface area contributed by atoms with Crippen molar-refractivity contribution in [3.05, 3.63) is 35.9 Å². The maximum atomic E-state index is 10.4. The van der Waals surface area contributed by atoms with Crippen LogP contribution in [0.25, 0.3) is 0 Å². The maximum Gasteiger partial charge on any atom is 0.0782 e. The summed E-state index contributed by atoms with van der Waals surface area (Å²) in [6.45, 7) is 8.95. The topological polar surface area (TPSA) is 40.1 Å². The smallest absolute Gasteiger partial charge is 0.0782 e. The molecule has 0 aliphatic heterocycles. The van der Waals surface area contributed by atoms with Gasteiger partial charge in [0.05, 0.1) is 27.2 Å². The second-order valence-corrected chi connectivity index (χ2v) is 9.37. The number of hydrogen-bond donors (Lipinski definition) is 0. The van der Waals surface area contributed by atoms with Gasteiger partial charge in [-0.25, -0.2) is 0 Å². The molecule has 1 aromatic carbocycles. The molecule has 1 atom stereocenters. The third kappa shape index (κ3) is 16.4. The normalized spacial score (nSPS) is 12.2. The molecular formula is C27H49NO2. The van der Waals surface area contributed by atoms with Crippen molar-refractivity contribution in [3.8, 4) is 0 Å². The summed E-state index contributed by atoms with van der Waals surface area (Å²) in [5, 5.41) is 10.4. The number of rotatable bonds is 16. The number of carboxylic acids is 1. The van der Waals surface area contributed by atoms with Crippen LogP contribution >= 0.6 is 0 Å². The molecule has 0 spiro atoms. The van der Waals surface area contributed by atoms with E-state index in [2.05, 4.69) is 27.9 Å². The van der Waals surface area contributed by atoms with Crippen molar-refractivity contribution in [2.75, 3.05) is 27.2 Å². The lowest BCUT2D eigenvalue weighted by Crippen LogP contribution is -2.41. The van der Waals surface area contributed by atoms with E-state index in [9.17, 15) is 9.90 Å². The van der Waals surface area contributed by atoms with Gasteiger partial charge in [0.1, 0.15) is 0 Å². The van der Waals surface area contributed by atoms with Crippen LogP contribution in [0.15, 0.2) is 30.3 Å². The van der Waals surface area contributed by atoms with Crippen LogP contribution in [0.3, 0.4) is 0 Å². The first kappa shape index (κ1) is 28.6. The Labute approximate surface area is 187 Å². The maximum absolute atomic E-state index is 10.4.